The minimum absolute atomic E-state index is 0.0378. The fourth-order valence-electron chi connectivity index (χ4n) is 4.44. The summed E-state index contributed by atoms with van der Waals surface area (Å²) >= 11 is 0. The summed E-state index contributed by atoms with van der Waals surface area (Å²) in [6, 6.07) is 10.1. The number of aliphatic hydroxyl groups excluding tert-OH is 1. The lowest BCUT2D eigenvalue weighted by atomic mass is 9.99. The van der Waals surface area contributed by atoms with Gasteiger partial charge in [0.25, 0.3) is 5.91 Å². The van der Waals surface area contributed by atoms with Crippen molar-refractivity contribution in [3.63, 3.8) is 0 Å². The molecule has 0 aromatic heterocycles. The highest BCUT2D eigenvalue weighted by Crippen LogP contribution is 2.33. The standard InChI is InChI=1S/C25H33N3O7S/c1-16-11-28(17(2)14-29)25(30)20-10-19(26-36(4,31)32)6-8-21(20)35-24(16)13-27(3)12-18-5-7-22-23(9-18)34-15-33-22/h5-10,16-17,24,26,29H,11-15H2,1-4H3/t16-,17-,24+/m0/s1. The second kappa shape index (κ2) is 10.5. The Morgan fingerprint density at radius 1 is 1.17 bits per heavy atom. The van der Waals surface area contributed by atoms with Crippen molar-refractivity contribution >= 4 is 21.6 Å². The molecule has 1 amide bonds. The Hall–Kier alpha value is -3.02. The van der Waals surface area contributed by atoms with E-state index in [1.807, 2.05) is 32.2 Å². The molecule has 2 aromatic carbocycles. The van der Waals surface area contributed by atoms with Gasteiger partial charge >= 0.3 is 0 Å². The first-order chi connectivity index (χ1) is 17.0. The summed E-state index contributed by atoms with van der Waals surface area (Å²) in [4.78, 5) is 17.2. The van der Waals surface area contributed by atoms with Crippen LogP contribution in [0.25, 0.3) is 0 Å². The van der Waals surface area contributed by atoms with Gasteiger partial charge in [-0.15, -0.1) is 0 Å². The van der Waals surface area contributed by atoms with E-state index < -0.39 is 16.1 Å². The van der Waals surface area contributed by atoms with E-state index in [4.69, 9.17) is 14.2 Å². The molecule has 0 saturated heterocycles. The highest BCUT2D eigenvalue weighted by Gasteiger charge is 2.33. The minimum atomic E-state index is -3.52. The largest absolute Gasteiger partial charge is 0.488 e. The number of hydrogen-bond acceptors (Lipinski definition) is 8. The van der Waals surface area contributed by atoms with Gasteiger partial charge in [-0.2, -0.15) is 0 Å². The summed E-state index contributed by atoms with van der Waals surface area (Å²) in [6.45, 7) is 5.46. The van der Waals surface area contributed by atoms with Gasteiger partial charge in [-0.05, 0) is 49.9 Å². The highest BCUT2D eigenvalue weighted by molar-refractivity contribution is 7.92. The van der Waals surface area contributed by atoms with Crippen molar-refractivity contribution in [3.05, 3.63) is 47.5 Å². The van der Waals surface area contributed by atoms with Gasteiger partial charge < -0.3 is 24.2 Å². The van der Waals surface area contributed by atoms with E-state index in [0.29, 0.717) is 25.4 Å². The molecule has 2 heterocycles. The molecule has 0 unspecified atom stereocenters. The van der Waals surface area contributed by atoms with Crippen molar-refractivity contribution in [2.75, 3.05) is 44.5 Å². The average Bonchev–Trinajstić information content (AvgIpc) is 3.28. The summed E-state index contributed by atoms with van der Waals surface area (Å²) in [5.41, 5.74) is 1.59. The van der Waals surface area contributed by atoms with Crippen molar-refractivity contribution in [2.24, 2.45) is 5.92 Å². The van der Waals surface area contributed by atoms with E-state index in [1.54, 1.807) is 24.0 Å². The first kappa shape index (κ1) is 26.1. The van der Waals surface area contributed by atoms with Crippen LogP contribution in [0, 0.1) is 5.92 Å². The number of sulfonamides is 1. The van der Waals surface area contributed by atoms with Gasteiger partial charge in [0.2, 0.25) is 16.8 Å². The van der Waals surface area contributed by atoms with Crippen LogP contribution in [-0.4, -0.2) is 81.2 Å². The maximum Gasteiger partial charge on any atom is 0.258 e. The molecule has 0 fully saturated rings. The lowest BCUT2D eigenvalue weighted by Gasteiger charge is -2.38. The van der Waals surface area contributed by atoms with Gasteiger partial charge in [0.05, 0.1) is 24.5 Å². The maximum absolute atomic E-state index is 13.4. The Kier molecular flexibility index (Phi) is 7.62. The van der Waals surface area contributed by atoms with Crippen molar-refractivity contribution in [1.82, 2.24) is 9.80 Å². The van der Waals surface area contributed by atoms with Gasteiger partial charge in [-0.25, -0.2) is 8.42 Å². The number of aliphatic hydroxyl groups is 1. The van der Waals surface area contributed by atoms with E-state index in [9.17, 15) is 18.3 Å². The fraction of sp³-hybridized carbons (Fsp3) is 0.480. The molecular formula is C25H33N3O7S. The monoisotopic (exact) mass is 519 g/mol. The quantitative estimate of drug-likeness (QED) is 0.545. The summed E-state index contributed by atoms with van der Waals surface area (Å²) in [5.74, 6) is 1.49. The van der Waals surface area contributed by atoms with Gasteiger partial charge in [0.1, 0.15) is 11.9 Å². The molecule has 4 rings (SSSR count). The zero-order valence-electron chi connectivity index (χ0n) is 20.9. The number of carbonyl (C=O) groups is 1. The number of likely N-dealkylation sites (N-methyl/N-ethyl adjacent to an activating group) is 1. The van der Waals surface area contributed by atoms with E-state index >= 15 is 0 Å². The molecule has 2 aliphatic rings. The van der Waals surface area contributed by atoms with Gasteiger partial charge in [-0.1, -0.05) is 13.0 Å². The number of amides is 1. The molecule has 2 aliphatic heterocycles. The number of ether oxygens (including phenoxy) is 3. The number of fused-ring (bicyclic) bond motifs is 2. The topological polar surface area (TPSA) is 118 Å². The summed E-state index contributed by atoms with van der Waals surface area (Å²) in [6.07, 6.45) is 0.786. The number of hydrogen-bond donors (Lipinski definition) is 2. The van der Waals surface area contributed by atoms with Crippen LogP contribution in [0.3, 0.4) is 0 Å². The third kappa shape index (κ3) is 6.03. The van der Waals surface area contributed by atoms with Crippen LogP contribution in [0.15, 0.2) is 36.4 Å². The first-order valence-corrected chi connectivity index (χ1v) is 13.7. The predicted octanol–water partition coefficient (Wildman–Crippen LogP) is 2.14. The number of carbonyl (C=O) groups excluding carboxylic acids is 1. The molecule has 36 heavy (non-hydrogen) atoms. The summed E-state index contributed by atoms with van der Waals surface area (Å²) in [5, 5.41) is 9.81. The molecule has 0 bridgehead atoms. The lowest BCUT2D eigenvalue weighted by Crippen LogP contribution is -2.49. The third-order valence-electron chi connectivity index (χ3n) is 6.35. The van der Waals surface area contributed by atoms with Crippen LogP contribution in [-0.2, 0) is 16.6 Å². The van der Waals surface area contributed by atoms with Gasteiger partial charge in [0.15, 0.2) is 11.5 Å². The molecule has 2 N–H and O–H groups in total. The Morgan fingerprint density at radius 3 is 2.61 bits per heavy atom. The maximum atomic E-state index is 13.4. The zero-order valence-corrected chi connectivity index (χ0v) is 21.7. The number of nitrogens with zero attached hydrogens (tertiary/aromatic N) is 2. The first-order valence-electron chi connectivity index (χ1n) is 11.8. The van der Waals surface area contributed by atoms with Gasteiger partial charge in [0, 0.05) is 31.2 Å². The number of rotatable bonds is 8. The van der Waals surface area contributed by atoms with Crippen LogP contribution in [0.2, 0.25) is 0 Å². The Morgan fingerprint density at radius 2 is 1.89 bits per heavy atom. The van der Waals surface area contributed by atoms with Crippen LogP contribution >= 0.6 is 0 Å². The molecule has 3 atom stereocenters. The molecule has 0 spiro atoms. The van der Waals surface area contributed by atoms with E-state index in [0.717, 1.165) is 23.3 Å². The molecule has 196 valence electrons. The normalized spacial score (nSPS) is 20.4. The summed E-state index contributed by atoms with van der Waals surface area (Å²) < 4.78 is 43.1. The third-order valence-corrected chi connectivity index (χ3v) is 6.96. The molecule has 0 saturated carbocycles. The Balaban J connectivity index is 1.58. The molecule has 0 radical (unpaired) electrons. The molecular weight excluding hydrogens is 486 g/mol. The second-order valence-electron chi connectivity index (χ2n) is 9.59. The number of anilines is 1. The van der Waals surface area contributed by atoms with Crippen molar-refractivity contribution in [3.8, 4) is 17.2 Å². The van der Waals surface area contributed by atoms with E-state index in [1.165, 1.54) is 6.07 Å². The van der Waals surface area contributed by atoms with E-state index in [2.05, 4.69) is 9.62 Å². The Bertz CT molecular complexity index is 1220. The highest BCUT2D eigenvalue weighted by atomic mass is 32.2. The average molecular weight is 520 g/mol. The second-order valence-corrected chi connectivity index (χ2v) is 11.3. The minimum Gasteiger partial charge on any atom is -0.488 e. The van der Waals surface area contributed by atoms with E-state index in [-0.39, 0.29) is 42.6 Å². The molecule has 11 heteroatoms. The number of benzene rings is 2. The van der Waals surface area contributed by atoms with Crippen molar-refractivity contribution in [2.45, 2.75) is 32.5 Å². The molecule has 10 nitrogen and oxygen atoms in total. The van der Waals surface area contributed by atoms with Crippen LogP contribution in [0.4, 0.5) is 5.69 Å². The van der Waals surface area contributed by atoms with Crippen molar-refractivity contribution < 1.29 is 32.5 Å². The summed E-state index contributed by atoms with van der Waals surface area (Å²) in [7, 11) is -1.52. The Labute approximate surface area is 211 Å². The molecule has 2 aromatic rings. The SMILES string of the molecule is C[C@H]1CN([C@@H](C)CO)C(=O)c2cc(NS(C)(=O)=O)ccc2O[C@@H]1CN(C)Cc1ccc2c(c1)OCO2. The van der Waals surface area contributed by atoms with Gasteiger partial charge in [-0.3, -0.25) is 14.4 Å². The fourth-order valence-corrected chi connectivity index (χ4v) is 5.00. The lowest BCUT2D eigenvalue weighted by molar-refractivity contribution is 0.0341. The number of nitrogens with one attached hydrogen (secondary N) is 1. The molecule has 0 aliphatic carbocycles. The van der Waals surface area contributed by atoms with Crippen LogP contribution in [0.1, 0.15) is 29.8 Å². The predicted molar refractivity (Wildman–Crippen MR) is 135 cm³/mol. The van der Waals surface area contributed by atoms with Crippen molar-refractivity contribution in [1.29, 1.82) is 0 Å². The van der Waals surface area contributed by atoms with Crippen LogP contribution in [0.5, 0.6) is 17.2 Å². The zero-order chi connectivity index (χ0) is 26.0. The van der Waals surface area contributed by atoms with Crippen LogP contribution < -0.4 is 18.9 Å². The smallest absolute Gasteiger partial charge is 0.258 e.